The summed E-state index contributed by atoms with van der Waals surface area (Å²) in [5.74, 6) is -3.41. The molecule has 0 aliphatic rings. The maximum absolute atomic E-state index is 13.5. The largest absolute Gasteiger partial charge is 0.374 e. The normalized spacial score (nSPS) is 10.8. The quantitative estimate of drug-likeness (QED) is 0.744. The van der Waals surface area contributed by atoms with E-state index in [0.717, 1.165) is 17.0 Å². The fraction of sp³-hybridized carbons (Fsp3) is 0.0769. The Morgan fingerprint density at radius 2 is 2.00 bits per heavy atom. The molecule has 1 aromatic carbocycles. The van der Waals surface area contributed by atoms with Gasteiger partial charge in [-0.3, -0.25) is 0 Å². The second kappa shape index (κ2) is 5.57. The molecule has 0 unspecified atom stereocenters. The first-order valence-electron chi connectivity index (χ1n) is 5.89. The highest BCUT2D eigenvalue weighted by atomic mass is 32.1. The van der Waals surface area contributed by atoms with Gasteiger partial charge in [0.2, 0.25) is 11.7 Å². The average molecular weight is 311 g/mol. The van der Waals surface area contributed by atoms with Gasteiger partial charge in [-0.15, -0.1) is 11.3 Å². The smallest absolute Gasteiger partial charge is 0.246 e. The van der Waals surface area contributed by atoms with Gasteiger partial charge in [0.15, 0.2) is 17.5 Å². The third kappa shape index (κ3) is 2.75. The third-order valence-corrected chi connectivity index (χ3v) is 3.54. The monoisotopic (exact) mass is 311 g/mol. The highest BCUT2D eigenvalue weighted by molar-refractivity contribution is 7.13. The van der Waals surface area contributed by atoms with Crippen molar-refractivity contribution < 1.29 is 17.7 Å². The van der Waals surface area contributed by atoms with Gasteiger partial charge in [-0.1, -0.05) is 11.2 Å². The maximum atomic E-state index is 13.5. The van der Waals surface area contributed by atoms with Crippen molar-refractivity contribution in [1.82, 2.24) is 10.1 Å². The van der Waals surface area contributed by atoms with Crippen molar-refractivity contribution in [3.8, 4) is 10.7 Å². The van der Waals surface area contributed by atoms with E-state index in [1.54, 1.807) is 0 Å². The van der Waals surface area contributed by atoms with Crippen molar-refractivity contribution in [2.45, 2.75) is 6.54 Å². The van der Waals surface area contributed by atoms with Crippen LogP contribution in [0.1, 0.15) is 5.89 Å². The fourth-order valence-corrected chi connectivity index (χ4v) is 2.32. The van der Waals surface area contributed by atoms with Gasteiger partial charge in [-0.2, -0.15) is 4.98 Å². The predicted octanol–water partition coefficient (Wildman–Crippen LogP) is 3.83. The molecule has 1 N–H and O–H groups in total. The highest BCUT2D eigenvalue weighted by Crippen LogP contribution is 2.22. The third-order valence-electron chi connectivity index (χ3n) is 2.67. The maximum Gasteiger partial charge on any atom is 0.246 e. The molecule has 0 amide bonds. The highest BCUT2D eigenvalue weighted by Gasteiger charge is 2.14. The second-order valence-electron chi connectivity index (χ2n) is 4.07. The van der Waals surface area contributed by atoms with Crippen molar-refractivity contribution in [3.05, 3.63) is 53.0 Å². The van der Waals surface area contributed by atoms with E-state index >= 15 is 0 Å². The van der Waals surface area contributed by atoms with Crippen LogP contribution >= 0.6 is 11.3 Å². The van der Waals surface area contributed by atoms with E-state index < -0.39 is 17.5 Å². The Morgan fingerprint density at radius 3 is 2.76 bits per heavy atom. The molecule has 3 rings (SSSR count). The van der Waals surface area contributed by atoms with Crippen molar-refractivity contribution in [1.29, 1.82) is 0 Å². The molecule has 8 heteroatoms. The van der Waals surface area contributed by atoms with Crippen LogP contribution in [0.2, 0.25) is 0 Å². The number of benzene rings is 1. The molecule has 0 fully saturated rings. The number of nitrogens with zero attached hydrogens (tertiary/aromatic N) is 2. The van der Waals surface area contributed by atoms with E-state index in [1.807, 2.05) is 17.5 Å². The molecule has 0 saturated heterocycles. The summed E-state index contributed by atoms with van der Waals surface area (Å²) < 4.78 is 44.3. The predicted molar refractivity (Wildman–Crippen MR) is 71.3 cm³/mol. The Hall–Kier alpha value is -2.35. The van der Waals surface area contributed by atoms with E-state index in [2.05, 4.69) is 15.5 Å². The molecule has 0 spiro atoms. The number of hydrogen-bond acceptors (Lipinski definition) is 5. The van der Waals surface area contributed by atoms with Crippen LogP contribution in [0.4, 0.5) is 18.9 Å². The number of halogens is 3. The van der Waals surface area contributed by atoms with Gasteiger partial charge in [-0.05, 0) is 23.6 Å². The molecule has 0 saturated carbocycles. The Bertz CT molecular complexity index is 758. The lowest BCUT2D eigenvalue weighted by Crippen LogP contribution is -2.04. The minimum absolute atomic E-state index is 0.000365. The van der Waals surface area contributed by atoms with Gasteiger partial charge in [0.1, 0.15) is 0 Å². The van der Waals surface area contributed by atoms with Crippen LogP contribution in [0.3, 0.4) is 0 Å². The van der Waals surface area contributed by atoms with Gasteiger partial charge < -0.3 is 9.84 Å². The van der Waals surface area contributed by atoms with Crippen LogP contribution in [0.5, 0.6) is 0 Å². The lowest BCUT2D eigenvalue weighted by Gasteiger charge is -2.05. The molecular formula is C13H8F3N3OS. The second-order valence-corrected chi connectivity index (χ2v) is 5.01. The number of thiophene rings is 1. The summed E-state index contributed by atoms with van der Waals surface area (Å²) in [5.41, 5.74) is -0.176. The molecule has 3 aromatic rings. The molecule has 0 radical (unpaired) electrons. The standard InChI is InChI=1S/C13H8F3N3OS/c14-7-3-4-8(12(16)11(7)15)17-6-10-18-13(19-20-10)9-2-1-5-21-9/h1-5,17H,6H2. The van der Waals surface area contributed by atoms with Crippen LogP contribution in [-0.2, 0) is 6.54 Å². The van der Waals surface area contributed by atoms with Crippen LogP contribution in [-0.4, -0.2) is 10.1 Å². The van der Waals surface area contributed by atoms with Crippen LogP contribution in [0.15, 0.2) is 34.2 Å². The number of anilines is 1. The molecule has 21 heavy (non-hydrogen) atoms. The van der Waals surface area contributed by atoms with Crippen LogP contribution in [0.25, 0.3) is 10.7 Å². The van der Waals surface area contributed by atoms with E-state index in [9.17, 15) is 13.2 Å². The zero-order chi connectivity index (χ0) is 14.8. The molecule has 0 atom stereocenters. The Morgan fingerprint density at radius 1 is 1.14 bits per heavy atom. The minimum atomic E-state index is -1.52. The molecular weight excluding hydrogens is 303 g/mol. The van der Waals surface area contributed by atoms with Crippen molar-refractivity contribution in [3.63, 3.8) is 0 Å². The molecule has 2 heterocycles. The summed E-state index contributed by atoms with van der Waals surface area (Å²) in [6.45, 7) is 0.000365. The topological polar surface area (TPSA) is 51.0 Å². The molecule has 0 aliphatic heterocycles. The summed E-state index contributed by atoms with van der Waals surface area (Å²) in [6, 6.07) is 5.63. The van der Waals surface area contributed by atoms with Gasteiger partial charge in [0.05, 0.1) is 17.1 Å². The van der Waals surface area contributed by atoms with Crippen molar-refractivity contribution in [2.24, 2.45) is 0 Å². The summed E-state index contributed by atoms with van der Waals surface area (Å²) in [7, 11) is 0. The lowest BCUT2D eigenvalue weighted by atomic mass is 10.3. The zero-order valence-electron chi connectivity index (χ0n) is 10.4. The van der Waals surface area contributed by atoms with Crippen LogP contribution in [0, 0.1) is 17.5 Å². The lowest BCUT2D eigenvalue weighted by molar-refractivity contribution is 0.383. The van der Waals surface area contributed by atoms with Gasteiger partial charge >= 0.3 is 0 Å². The van der Waals surface area contributed by atoms with E-state index in [1.165, 1.54) is 11.3 Å². The first-order valence-corrected chi connectivity index (χ1v) is 6.77. The summed E-state index contributed by atoms with van der Waals surface area (Å²) in [5, 5.41) is 8.24. The number of nitrogens with one attached hydrogen (secondary N) is 1. The number of aromatic nitrogens is 2. The van der Waals surface area contributed by atoms with Crippen molar-refractivity contribution >= 4 is 17.0 Å². The Kier molecular flexibility index (Phi) is 3.61. The Balaban J connectivity index is 1.72. The molecule has 0 aliphatic carbocycles. The minimum Gasteiger partial charge on any atom is -0.374 e. The first-order chi connectivity index (χ1) is 10.1. The summed E-state index contributed by atoms with van der Waals surface area (Å²) in [6.07, 6.45) is 0. The summed E-state index contributed by atoms with van der Waals surface area (Å²) >= 11 is 1.45. The van der Waals surface area contributed by atoms with Gasteiger partial charge in [0.25, 0.3) is 0 Å². The summed E-state index contributed by atoms with van der Waals surface area (Å²) in [4.78, 5) is 4.95. The first kappa shape index (κ1) is 13.6. The van der Waals surface area contributed by atoms with Gasteiger partial charge in [0, 0.05) is 0 Å². The number of rotatable bonds is 4. The van der Waals surface area contributed by atoms with E-state index in [-0.39, 0.29) is 18.1 Å². The fourth-order valence-electron chi connectivity index (χ4n) is 1.67. The molecule has 108 valence electrons. The van der Waals surface area contributed by atoms with Crippen LogP contribution < -0.4 is 5.32 Å². The Labute approximate surface area is 121 Å². The number of hydrogen-bond donors (Lipinski definition) is 1. The van der Waals surface area contributed by atoms with E-state index in [4.69, 9.17) is 4.52 Å². The van der Waals surface area contributed by atoms with Gasteiger partial charge in [-0.25, -0.2) is 13.2 Å². The molecule has 0 bridgehead atoms. The molecule has 2 aromatic heterocycles. The zero-order valence-corrected chi connectivity index (χ0v) is 11.3. The average Bonchev–Trinajstić information content (AvgIpc) is 3.14. The van der Waals surface area contributed by atoms with E-state index in [0.29, 0.717) is 5.82 Å². The SMILES string of the molecule is Fc1ccc(NCc2nc(-c3cccs3)no2)c(F)c1F. The molecule has 4 nitrogen and oxygen atoms in total. The van der Waals surface area contributed by atoms with Crippen molar-refractivity contribution in [2.75, 3.05) is 5.32 Å².